The van der Waals surface area contributed by atoms with Gasteiger partial charge in [0, 0.05) is 18.7 Å². The van der Waals surface area contributed by atoms with E-state index in [1.54, 1.807) is 0 Å². The van der Waals surface area contributed by atoms with Gasteiger partial charge in [-0.05, 0) is 19.3 Å². The second-order valence-electron chi connectivity index (χ2n) is 4.35. The highest BCUT2D eigenvalue weighted by molar-refractivity contribution is 5.81. The van der Waals surface area contributed by atoms with E-state index in [9.17, 15) is 4.79 Å². The van der Waals surface area contributed by atoms with Crippen molar-refractivity contribution in [3.05, 3.63) is 12.2 Å². The van der Waals surface area contributed by atoms with Crippen molar-refractivity contribution in [2.45, 2.75) is 32.4 Å². The highest BCUT2D eigenvalue weighted by Gasteiger charge is 2.24. The molecule has 15 heavy (non-hydrogen) atoms. The van der Waals surface area contributed by atoms with E-state index < -0.39 is 0 Å². The lowest BCUT2D eigenvalue weighted by Crippen LogP contribution is -2.41. The molecule has 0 heterocycles. The largest absolute Gasteiger partial charge is 0.396 e. The van der Waals surface area contributed by atoms with Crippen LogP contribution in [0.3, 0.4) is 0 Å². The quantitative estimate of drug-likeness (QED) is 0.575. The Morgan fingerprint density at radius 2 is 2.27 bits per heavy atom. The van der Waals surface area contributed by atoms with Crippen molar-refractivity contribution < 1.29 is 9.90 Å². The van der Waals surface area contributed by atoms with E-state index in [0.29, 0.717) is 6.42 Å². The lowest BCUT2D eigenvalue weighted by molar-refractivity contribution is -0.124. The fourth-order valence-corrected chi connectivity index (χ4v) is 1.55. The summed E-state index contributed by atoms with van der Waals surface area (Å²) < 4.78 is 0. The molecule has 4 nitrogen and oxygen atoms in total. The third-order valence-electron chi connectivity index (χ3n) is 2.96. The van der Waals surface area contributed by atoms with Gasteiger partial charge in [-0.15, -0.1) is 0 Å². The normalized spacial score (nSPS) is 28.8. The summed E-state index contributed by atoms with van der Waals surface area (Å²) in [5.41, 5.74) is 5.67. The van der Waals surface area contributed by atoms with Crippen molar-refractivity contribution in [2.75, 3.05) is 6.61 Å². The zero-order valence-electron chi connectivity index (χ0n) is 9.31. The van der Waals surface area contributed by atoms with Gasteiger partial charge < -0.3 is 16.2 Å². The van der Waals surface area contributed by atoms with Gasteiger partial charge in [0.25, 0.3) is 0 Å². The lowest BCUT2D eigenvalue weighted by Gasteiger charge is -2.21. The third-order valence-corrected chi connectivity index (χ3v) is 2.96. The highest BCUT2D eigenvalue weighted by atomic mass is 16.3. The van der Waals surface area contributed by atoms with Crippen LogP contribution in [0.15, 0.2) is 12.2 Å². The molecule has 4 atom stereocenters. The van der Waals surface area contributed by atoms with Crippen LogP contribution >= 0.6 is 0 Å². The third kappa shape index (κ3) is 3.32. The number of amides is 1. The van der Waals surface area contributed by atoms with Gasteiger partial charge >= 0.3 is 0 Å². The van der Waals surface area contributed by atoms with Gasteiger partial charge in [0.15, 0.2) is 0 Å². The minimum atomic E-state index is -0.103. The Hall–Kier alpha value is -0.870. The maximum Gasteiger partial charge on any atom is 0.227 e. The van der Waals surface area contributed by atoms with Crippen LogP contribution in [0.5, 0.6) is 0 Å². The monoisotopic (exact) mass is 212 g/mol. The van der Waals surface area contributed by atoms with E-state index in [1.165, 1.54) is 0 Å². The Bertz CT molecular complexity index is 253. The maximum atomic E-state index is 11.7. The zero-order valence-corrected chi connectivity index (χ0v) is 9.31. The average molecular weight is 212 g/mol. The number of carbonyl (C=O) groups is 1. The van der Waals surface area contributed by atoms with Crippen LogP contribution in [0.4, 0.5) is 0 Å². The first-order chi connectivity index (χ1) is 7.04. The topological polar surface area (TPSA) is 75.3 Å². The molecule has 1 aliphatic rings. The predicted octanol–water partition coefficient (Wildman–Crippen LogP) is 0.0229. The van der Waals surface area contributed by atoms with Crippen molar-refractivity contribution in [1.82, 2.24) is 5.32 Å². The first-order valence-corrected chi connectivity index (χ1v) is 5.39. The summed E-state index contributed by atoms with van der Waals surface area (Å²) in [6, 6.07) is -0.000883. The van der Waals surface area contributed by atoms with E-state index in [4.69, 9.17) is 10.8 Å². The molecule has 1 rings (SSSR count). The summed E-state index contributed by atoms with van der Waals surface area (Å²) in [7, 11) is 0. The van der Waals surface area contributed by atoms with Gasteiger partial charge in [-0.3, -0.25) is 4.79 Å². The van der Waals surface area contributed by atoms with Crippen LogP contribution in [0.25, 0.3) is 0 Å². The van der Waals surface area contributed by atoms with E-state index in [2.05, 4.69) is 5.32 Å². The summed E-state index contributed by atoms with van der Waals surface area (Å²) in [5, 5.41) is 11.8. The van der Waals surface area contributed by atoms with E-state index >= 15 is 0 Å². The van der Waals surface area contributed by atoms with Crippen molar-refractivity contribution in [3.63, 3.8) is 0 Å². The second-order valence-corrected chi connectivity index (χ2v) is 4.35. The van der Waals surface area contributed by atoms with Crippen LogP contribution in [0.2, 0.25) is 0 Å². The Morgan fingerprint density at radius 1 is 1.60 bits per heavy atom. The predicted molar refractivity (Wildman–Crippen MR) is 59.1 cm³/mol. The Labute approximate surface area is 90.5 Å². The molecule has 0 aromatic rings. The Kier molecular flexibility index (Phi) is 4.29. The average Bonchev–Trinajstić information content (AvgIpc) is 2.63. The van der Waals surface area contributed by atoms with Crippen molar-refractivity contribution in [1.29, 1.82) is 0 Å². The molecule has 0 bridgehead atoms. The summed E-state index contributed by atoms with van der Waals surface area (Å²) in [6.07, 6.45) is 4.41. The van der Waals surface area contributed by atoms with Crippen molar-refractivity contribution in [2.24, 2.45) is 17.6 Å². The molecule has 0 spiro atoms. The second kappa shape index (κ2) is 5.28. The summed E-state index contributed by atoms with van der Waals surface area (Å²) in [6.45, 7) is 3.89. The van der Waals surface area contributed by atoms with Gasteiger partial charge in [-0.2, -0.15) is 0 Å². The standard InChI is InChI=1S/C11H20N2O2/c1-7(6-14)8(2)13-11(15)9-3-4-10(12)5-9/h3-4,7-10,14H,5-6,12H2,1-2H3,(H,13,15). The number of aliphatic hydroxyl groups is 1. The summed E-state index contributed by atoms with van der Waals surface area (Å²) >= 11 is 0. The number of nitrogens with two attached hydrogens (primary N) is 1. The fourth-order valence-electron chi connectivity index (χ4n) is 1.55. The van der Waals surface area contributed by atoms with Crippen molar-refractivity contribution in [3.8, 4) is 0 Å². The maximum absolute atomic E-state index is 11.7. The SMILES string of the molecule is CC(CO)C(C)NC(=O)C1C=CC(N)C1. The number of nitrogens with one attached hydrogen (secondary N) is 1. The van der Waals surface area contributed by atoms with Crippen molar-refractivity contribution >= 4 is 5.91 Å². The van der Waals surface area contributed by atoms with Crippen LogP contribution in [-0.4, -0.2) is 29.7 Å². The highest BCUT2D eigenvalue weighted by Crippen LogP contribution is 2.16. The molecule has 86 valence electrons. The lowest BCUT2D eigenvalue weighted by atomic mass is 10.0. The smallest absolute Gasteiger partial charge is 0.227 e. The van der Waals surface area contributed by atoms with E-state index in [1.807, 2.05) is 26.0 Å². The van der Waals surface area contributed by atoms with Gasteiger partial charge in [0.05, 0.1) is 5.92 Å². The van der Waals surface area contributed by atoms with Gasteiger partial charge in [-0.25, -0.2) is 0 Å². The molecule has 0 aliphatic heterocycles. The number of hydrogen-bond donors (Lipinski definition) is 3. The first kappa shape index (κ1) is 12.2. The molecule has 0 saturated carbocycles. The molecule has 0 saturated heterocycles. The van der Waals surface area contributed by atoms with Crippen LogP contribution in [-0.2, 0) is 4.79 Å². The number of aliphatic hydroxyl groups excluding tert-OH is 1. The fraction of sp³-hybridized carbons (Fsp3) is 0.727. The van der Waals surface area contributed by atoms with Crippen LogP contribution < -0.4 is 11.1 Å². The number of carbonyl (C=O) groups excluding carboxylic acids is 1. The molecule has 0 aromatic carbocycles. The van der Waals surface area contributed by atoms with Crippen LogP contribution in [0.1, 0.15) is 20.3 Å². The molecule has 0 fully saturated rings. The molecular formula is C11H20N2O2. The summed E-state index contributed by atoms with van der Waals surface area (Å²) in [5.74, 6) is -0.0200. The van der Waals surface area contributed by atoms with E-state index in [0.717, 1.165) is 0 Å². The molecule has 1 amide bonds. The zero-order chi connectivity index (χ0) is 11.4. The molecule has 4 unspecified atom stereocenters. The minimum Gasteiger partial charge on any atom is -0.396 e. The Morgan fingerprint density at radius 3 is 2.73 bits per heavy atom. The molecule has 0 aromatic heterocycles. The van der Waals surface area contributed by atoms with Gasteiger partial charge in [-0.1, -0.05) is 19.1 Å². The number of hydrogen-bond acceptors (Lipinski definition) is 3. The molecule has 0 radical (unpaired) electrons. The number of rotatable bonds is 4. The van der Waals surface area contributed by atoms with Crippen LogP contribution in [0, 0.1) is 11.8 Å². The molecule has 4 N–H and O–H groups in total. The van der Waals surface area contributed by atoms with Gasteiger partial charge in [0.1, 0.15) is 0 Å². The van der Waals surface area contributed by atoms with E-state index in [-0.39, 0.29) is 36.4 Å². The molecular weight excluding hydrogens is 192 g/mol. The minimum absolute atomic E-state index is 0.00585. The van der Waals surface area contributed by atoms with Gasteiger partial charge in [0.2, 0.25) is 5.91 Å². The molecule has 1 aliphatic carbocycles. The first-order valence-electron chi connectivity index (χ1n) is 5.39. The molecule has 4 heteroatoms. The summed E-state index contributed by atoms with van der Waals surface area (Å²) in [4.78, 5) is 11.7. The Balaban J connectivity index is 2.39.